The lowest BCUT2D eigenvalue weighted by Crippen LogP contribution is -2.54. The molecule has 0 bridgehead atoms. The highest BCUT2D eigenvalue weighted by molar-refractivity contribution is 14.0. The van der Waals surface area contributed by atoms with Crippen LogP contribution in [0.3, 0.4) is 0 Å². The number of carbonyl (C=O) groups is 1. The number of carbonyl (C=O) groups excluding carboxylic acids is 1. The average Bonchev–Trinajstić information content (AvgIpc) is 3.07. The molecule has 10 heteroatoms. The summed E-state index contributed by atoms with van der Waals surface area (Å²) in [6, 6.07) is 7.57. The Balaban J connectivity index is 0.00000280. The van der Waals surface area contributed by atoms with Gasteiger partial charge in [-0.15, -0.1) is 24.0 Å². The van der Waals surface area contributed by atoms with Crippen molar-refractivity contribution in [1.82, 2.24) is 25.3 Å². The molecule has 0 atom stereocenters. The van der Waals surface area contributed by atoms with Crippen molar-refractivity contribution in [3.63, 3.8) is 0 Å². The quantitative estimate of drug-likeness (QED) is 0.372. The van der Waals surface area contributed by atoms with Crippen molar-refractivity contribution in [2.24, 2.45) is 4.99 Å². The van der Waals surface area contributed by atoms with E-state index in [0.717, 1.165) is 5.56 Å². The number of aliphatic imine (C=N–C) groups is 1. The highest BCUT2D eigenvalue weighted by Gasteiger charge is 2.26. The summed E-state index contributed by atoms with van der Waals surface area (Å²) in [5.74, 6) is 1.78. The molecule has 8 nitrogen and oxygen atoms in total. The molecule has 1 saturated heterocycles. The van der Waals surface area contributed by atoms with Gasteiger partial charge in [0.1, 0.15) is 6.54 Å². The molecule has 0 unspecified atom stereocenters. The summed E-state index contributed by atoms with van der Waals surface area (Å²) in [6.45, 7) is 6.95. The van der Waals surface area contributed by atoms with Crippen molar-refractivity contribution in [3.05, 3.63) is 46.6 Å². The number of nitrogens with one attached hydrogen (secondary N) is 1. The van der Waals surface area contributed by atoms with Crippen LogP contribution in [0.1, 0.15) is 24.2 Å². The number of piperazine rings is 1. The Kier molecular flexibility index (Phi) is 8.49. The normalized spacial score (nSPS) is 14.8. The van der Waals surface area contributed by atoms with Crippen molar-refractivity contribution >= 4 is 47.4 Å². The number of aromatic nitrogens is 2. The number of hydrogen-bond acceptors (Lipinski definition) is 5. The second kappa shape index (κ2) is 10.6. The van der Waals surface area contributed by atoms with Gasteiger partial charge in [0.2, 0.25) is 11.8 Å². The van der Waals surface area contributed by atoms with Crippen LogP contribution in [0.25, 0.3) is 0 Å². The first-order valence-corrected chi connectivity index (χ1v) is 9.27. The molecule has 0 aliphatic carbocycles. The molecule has 1 fully saturated rings. The lowest BCUT2D eigenvalue weighted by atomic mass is 10.2. The monoisotopic (exact) mass is 518 g/mol. The predicted octanol–water partition coefficient (Wildman–Crippen LogP) is 2.46. The van der Waals surface area contributed by atoms with Crippen LogP contribution in [-0.4, -0.2) is 58.0 Å². The molecular formula is C18H24ClIN6O2. The van der Waals surface area contributed by atoms with Gasteiger partial charge in [0.05, 0.1) is 6.54 Å². The Hall–Kier alpha value is -1.88. The van der Waals surface area contributed by atoms with E-state index in [1.807, 2.05) is 41.0 Å². The van der Waals surface area contributed by atoms with Gasteiger partial charge in [-0.05, 0) is 24.6 Å². The molecule has 1 aliphatic rings. The third-order valence-electron chi connectivity index (χ3n) is 4.18. The van der Waals surface area contributed by atoms with E-state index in [2.05, 4.69) is 20.4 Å². The van der Waals surface area contributed by atoms with Crippen LogP contribution in [0, 0.1) is 6.92 Å². The zero-order chi connectivity index (χ0) is 19.2. The Morgan fingerprint density at radius 3 is 2.68 bits per heavy atom. The molecule has 152 valence electrons. The Morgan fingerprint density at radius 1 is 1.32 bits per heavy atom. The lowest BCUT2D eigenvalue weighted by Gasteiger charge is -2.36. The molecule has 0 spiro atoms. The first-order chi connectivity index (χ1) is 13.0. The average molecular weight is 519 g/mol. The number of benzene rings is 1. The van der Waals surface area contributed by atoms with Gasteiger partial charge in [-0.1, -0.05) is 28.9 Å². The van der Waals surface area contributed by atoms with Crippen LogP contribution in [0.15, 0.2) is 33.8 Å². The molecule has 3 rings (SSSR count). The van der Waals surface area contributed by atoms with Gasteiger partial charge < -0.3 is 19.6 Å². The fraction of sp³-hybridized carbons (Fsp3) is 0.444. The minimum atomic E-state index is 0. The minimum absolute atomic E-state index is 0. The topological polar surface area (TPSA) is 86.9 Å². The van der Waals surface area contributed by atoms with E-state index in [0.29, 0.717) is 55.4 Å². The van der Waals surface area contributed by atoms with Crippen LogP contribution in [-0.2, 0) is 17.9 Å². The third-order valence-corrected chi connectivity index (χ3v) is 4.43. The van der Waals surface area contributed by atoms with Crippen LogP contribution >= 0.6 is 35.6 Å². The molecule has 1 N–H and O–H groups in total. The van der Waals surface area contributed by atoms with Crippen molar-refractivity contribution in [2.75, 3.05) is 26.2 Å². The van der Waals surface area contributed by atoms with Crippen molar-refractivity contribution < 1.29 is 9.32 Å². The number of halogens is 2. The number of guanidine groups is 1. The summed E-state index contributed by atoms with van der Waals surface area (Å²) in [7, 11) is 0. The summed E-state index contributed by atoms with van der Waals surface area (Å²) in [4.78, 5) is 25.1. The molecule has 1 aromatic heterocycles. The van der Waals surface area contributed by atoms with Crippen molar-refractivity contribution in [3.8, 4) is 0 Å². The van der Waals surface area contributed by atoms with Gasteiger partial charge in [-0.25, -0.2) is 4.99 Å². The summed E-state index contributed by atoms with van der Waals surface area (Å²) >= 11 is 5.92. The van der Waals surface area contributed by atoms with Crippen molar-refractivity contribution in [2.45, 2.75) is 26.9 Å². The zero-order valence-corrected chi connectivity index (χ0v) is 19.0. The van der Waals surface area contributed by atoms with E-state index >= 15 is 0 Å². The van der Waals surface area contributed by atoms with Gasteiger partial charge in [-0.2, -0.15) is 4.98 Å². The first kappa shape index (κ1) is 22.4. The number of hydrogen-bond donors (Lipinski definition) is 1. The Labute approximate surface area is 186 Å². The standard InChI is InChI=1S/C18H23ClN6O2.HI/c1-3-20-18(21-10-16-22-13(2)27-23-16)25-9-8-24(17(26)12-25)11-14-4-6-15(19)7-5-14;/h4-7H,3,8-12H2,1-2H3,(H,20,21);1H. The van der Waals surface area contributed by atoms with E-state index in [4.69, 9.17) is 16.1 Å². The van der Waals surface area contributed by atoms with E-state index in [1.54, 1.807) is 6.92 Å². The van der Waals surface area contributed by atoms with E-state index in [-0.39, 0.29) is 36.4 Å². The van der Waals surface area contributed by atoms with Gasteiger partial charge in [0.25, 0.3) is 0 Å². The fourth-order valence-electron chi connectivity index (χ4n) is 2.84. The summed E-state index contributed by atoms with van der Waals surface area (Å²) in [5.41, 5.74) is 1.06. The second-order valence-electron chi connectivity index (χ2n) is 6.26. The predicted molar refractivity (Wildman–Crippen MR) is 118 cm³/mol. The van der Waals surface area contributed by atoms with Gasteiger partial charge in [0.15, 0.2) is 11.8 Å². The highest BCUT2D eigenvalue weighted by atomic mass is 127. The highest BCUT2D eigenvalue weighted by Crippen LogP contribution is 2.14. The van der Waals surface area contributed by atoms with Gasteiger partial charge in [0, 0.05) is 38.1 Å². The summed E-state index contributed by atoms with van der Waals surface area (Å²) < 4.78 is 4.96. The molecule has 1 aliphatic heterocycles. The lowest BCUT2D eigenvalue weighted by molar-refractivity contribution is -0.135. The Morgan fingerprint density at radius 2 is 2.07 bits per heavy atom. The summed E-state index contributed by atoms with van der Waals surface area (Å²) in [6.07, 6.45) is 0. The smallest absolute Gasteiger partial charge is 0.242 e. The van der Waals surface area contributed by atoms with Gasteiger partial charge >= 0.3 is 0 Å². The largest absolute Gasteiger partial charge is 0.356 e. The van der Waals surface area contributed by atoms with Crippen LogP contribution in [0.4, 0.5) is 0 Å². The molecular weight excluding hydrogens is 495 g/mol. The maximum atomic E-state index is 12.6. The SMILES string of the molecule is CCNC(=NCc1noc(C)n1)N1CCN(Cc2ccc(Cl)cc2)C(=O)C1.I. The minimum Gasteiger partial charge on any atom is -0.356 e. The molecule has 28 heavy (non-hydrogen) atoms. The number of rotatable bonds is 5. The molecule has 1 amide bonds. The second-order valence-corrected chi connectivity index (χ2v) is 6.70. The van der Waals surface area contributed by atoms with E-state index in [1.165, 1.54) is 0 Å². The number of nitrogens with zero attached hydrogens (tertiary/aromatic N) is 5. The van der Waals surface area contributed by atoms with Crippen LogP contribution in [0.2, 0.25) is 5.02 Å². The van der Waals surface area contributed by atoms with Crippen molar-refractivity contribution in [1.29, 1.82) is 0 Å². The third kappa shape index (κ3) is 6.06. The maximum Gasteiger partial charge on any atom is 0.242 e. The van der Waals surface area contributed by atoms with Crippen LogP contribution in [0.5, 0.6) is 0 Å². The first-order valence-electron chi connectivity index (χ1n) is 8.90. The maximum absolute atomic E-state index is 12.6. The van der Waals surface area contributed by atoms with E-state index < -0.39 is 0 Å². The zero-order valence-electron chi connectivity index (χ0n) is 15.9. The molecule has 2 aromatic rings. The van der Waals surface area contributed by atoms with Crippen LogP contribution < -0.4 is 5.32 Å². The number of aryl methyl sites for hydroxylation is 1. The fourth-order valence-corrected chi connectivity index (χ4v) is 2.97. The summed E-state index contributed by atoms with van der Waals surface area (Å²) in [5, 5.41) is 7.77. The molecule has 2 heterocycles. The molecule has 0 saturated carbocycles. The molecule has 0 radical (unpaired) electrons. The Bertz CT molecular complexity index is 811. The van der Waals surface area contributed by atoms with E-state index in [9.17, 15) is 4.79 Å². The number of amides is 1. The molecule has 1 aromatic carbocycles. The van der Waals surface area contributed by atoms with Gasteiger partial charge in [-0.3, -0.25) is 4.79 Å².